The second-order valence-electron chi connectivity index (χ2n) is 3.24. The Labute approximate surface area is 97.6 Å². The van der Waals surface area contributed by atoms with E-state index in [0.717, 1.165) is 10.9 Å². The zero-order valence-electron chi connectivity index (χ0n) is 8.02. The van der Waals surface area contributed by atoms with Gasteiger partial charge >= 0.3 is 0 Å². The van der Waals surface area contributed by atoms with Gasteiger partial charge in [0.05, 0.1) is 5.88 Å². The first-order valence-electron chi connectivity index (χ1n) is 4.39. The van der Waals surface area contributed by atoms with Crippen LogP contribution in [0.1, 0.15) is 16.7 Å². The number of carbonyl (C=O) groups is 1. The molecule has 0 saturated heterocycles. The van der Waals surface area contributed by atoms with Gasteiger partial charge in [-0.25, -0.2) is 0 Å². The highest BCUT2D eigenvalue weighted by molar-refractivity contribution is 9.08. The first-order valence-corrected chi connectivity index (χ1v) is 6.05. The molecule has 3 heteroatoms. The number of halogens is 2. The van der Waals surface area contributed by atoms with Gasteiger partial charge in [-0.15, -0.1) is 11.6 Å². The highest BCUT2D eigenvalue weighted by atomic mass is 79.9. The van der Waals surface area contributed by atoms with Gasteiger partial charge in [0.25, 0.3) is 0 Å². The van der Waals surface area contributed by atoms with E-state index >= 15 is 0 Å². The van der Waals surface area contributed by atoms with Crippen LogP contribution in [0.3, 0.4) is 0 Å². The van der Waals surface area contributed by atoms with E-state index in [1.807, 2.05) is 12.1 Å². The molecule has 14 heavy (non-hydrogen) atoms. The van der Waals surface area contributed by atoms with Gasteiger partial charge in [-0.3, -0.25) is 4.79 Å². The fourth-order valence-electron chi connectivity index (χ4n) is 1.25. The highest BCUT2D eigenvalue weighted by Gasteiger charge is 2.04. The smallest absolute Gasteiger partial charge is 0.151 e. The fourth-order valence-corrected chi connectivity index (χ4v) is 1.95. The minimum Gasteiger partial charge on any atom is -0.298 e. The number of carbonyl (C=O) groups excluding carboxylic acids is 1. The third kappa shape index (κ3) is 3.10. The lowest BCUT2D eigenvalue weighted by Crippen LogP contribution is -2.04. The van der Waals surface area contributed by atoms with Gasteiger partial charge in [0, 0.05) is 11.8 Å². The summed E-state index contributed by atoms with van der Waals surface area (Å²) in [5.74, 6) is 0.161. The molecule has 0 radical (unpaired) electrons. The number of aryl methyl sites for hydroxylation is 1. The topological polar surface area (TPSA) is 17.1 Å². The minimum absolute atomic E-state index is 0.0658. The van der Waals surface area contributed by atoms with Crippen molar-refractivity contribution in [3.05, 3.63) is 34.9 Å². The molecule has 0 aliphatic heterocycles. The molecule has 1 nitrogen and oxygen atoms in total. The van der Waals surface area contributed by atoms with Crippen LogP contribution in [0, 0.1) is 6.92 Å². The Morgan fingerprint density at radius 1 is 1.50 bits per heavy atom. The van der Waals surface area contributed by atoms with Gasteiger partial charge in [0.2, 0.25) is 0 Å². The third-order valence-corrected chi connectivity index (χ3v) is 3.01. The molecule has 0 unspecified atom stereocenters. The van der Waals surface area contributed by atoms with Gasteiger partial charge in [0.15, 0.2) is 5.78 Å². The summed E-state index contributed by atoms with van der Waals surface area (Å²) in [6, 6.07) is 6.06. The summed E-state index contributed by atoms with van der Waals surface area (Å²) in [6.45, 7) is 2.06. The Morgan fingerprint density at radius 3 is 2.79 bits per heavy atom. The standard InChI is InChI=1S/C11H12BrClO/c1-8-2-3-9(4-10(8)6-12)5-11(14)7-13/h2-4H,5-7H2,1H3. The molecule has 1 aromatic carbocycles. The quantitative estimate of drug-likeness (QED) is 0.771. The number of ketones is 1. The average Bonchev–Trinajstić information content (AvgIpc) is 2.20. The fraction of sp³-hybridized carbons (Fsp3) is 0.364. The van der Waals surface area contributed by atoms with Crippen LogP contribution in [0.15, 0.2) is 18.2 Å². The van der Waals surface area contributed by atoms with Crippen LogP contribution in [0.25, 0.3) is 0 Å². The maximum Gasteiger partial charge on any atom is 0.151 e. The molecular formula is C11H12BrClO. The summed E-state index contributed by atoms with van der Waals surface area (Å²) in [6.07, 6.45) is 0.434. The van der Waals surface area contributed by atoms with E-state index in [-0.39, 0.29) is 11.7 Å². The van der Waals surface area contributed by atoms with Gasteiger partial charge in [-0.2, -0.15) is 0 Å². The van der Waals surface area contributed by atoms with E-state index in [0.29, 0.717) is 6.42 Å². The van der Waals surface area contributed by atoms with Crippen molar-refractivity contribution < 1.29 is 4.79 Å². The van der Waals surface area contributed by atoms with E-state index in [1.54, 1.807) is 0 Å². The van der Waals surface area contributed by atoms with Crippen LogP contribution in [0.5, 0.6) is 0 Å². The van der Waals surface area contributed by atoms with E-state index in [1.165, 1.54) is 11.1 Å². The van der Waals surface area contributed by atoms with Gasteiger partial charge in [-0.1, -0.05) is 34.1 Å². The average molecular weight is 276 g/mol. The van der Waals surface area contributed by atoms with Crippen molar-refractivity contribution in [1.29, 1.82) is 0 Å². The number of hydrogen-bond donors (Lipinski definition) is 0. The molecule has 0 bridgehead atoms. The van der Waals surface area contributed by atoms with Crippen molar-refractivity contribution in [2.75, 3.05) is 5.88 Å². The summed E-state index contributed by atoms with van der Waals surface area (Å²) in [5.41, 5.74) is 3.50. The molecule has 0 heterocycles. The largest absolute Gasteiger partial charge is 0.298 e. The molecule has 76 valence electrons. The maximum atomic E-state index is 11.1. The van der Waals surface area contributed by atoms with Crippen LogP contribution in [0.2, 0.25) is 0 Å². The second kappa shape index (κ2) is 5.52. The predicted molar refractivity (Wildman–Crippen MR) is 63.2 cm³/mol. The number of benzene rings is 1. The van der Waals surface area contributed by atoms with Crippen molar-refractivity contribution >= 4 is 33.3 Å². The van der Waals surface area contributed by atoms with E-state index in [2.05, 4.69) is 28.9 Å². The molecule has 0 fully saturated rings. The molecule has 1 aromatic rings. The molecule has 0 saturated carbocycles. The monoisotopic (exact) mass is 274 g/mol. The van der Waals surface area contributed by atoms with E-state index in [9.17, 15) is 4.79 Å². The van der Waals surface area contributed by atoms with Crippen molar-refractivity contribution in [3.63, 3.8) is 0 Å². The Bertz CT molecular complexity index is 336. The molecule has 0 N–H and O–H groups in total. The maximum absolute atomic E-state index is 11.1. The molecule has 0 spiro atoms. The summed E-state index contributed by atoms with van der Waals surface area (Å²) in [7, 11) is 0. The van der Waals surface area contributed by atoms with Gasteiger partial charge in [0.1, 0.15) is 0 Å². The lowest BCUT2D eigenvalue weighted by Gasteiger charge is -2.05. The normalized spacial score (nSPS) is 10.2. The molecule has 0 aliphatic carbocycles. The first-order chi connectivity index (χ1) is 6.67. The van der Waals surface area contributed by atoms with Crippen molar-refractivity contribution in [1.82, 2.24) is 0 Å². The predicted octanol–water partition coefficient (Wildman–Crippen LogP) is 3.24. The molecule has 0 aromatic heterocycles. The third-order valence-electron chi connectivity index (χ3n) is 2.11. The van der Waals surface area contributed by atoms with Gasteiger partial charge in [-0.05, 0) is 23.6 Å². The second-order valence-corrected chi connectivity index (χ2v) is 4.07. The number of Topliss-reactive ketones (excluding diaryl/α,β-unsaturated/α-hetero) is 1. The minimum atomic E-state index is 0.0658. The zero-order chi connectivity index (χ0) is 10.6. The molecular weight excluding hydrogens is 263 g/mol. The Kier molecular flexibility index (Phi) is 4.63. The summed E-state index contributed by atoms with van der Waals surface area (Å²) >= 11 is 8.86. The van der Waals surface area contributed by atoms with E-state index in [4.69, 9.17) is 11.6 Å². The first kappa shape index (κ1) is 11.7. The lowest BCUT2D eigenvalue weighted by molar-refractivity contribution is -0.116. The van der Waals surface area contributed by atoms with Crippen LogP contribution in [-0.2, 0) is 16.5 Å². The molecule has 0 atom stereocenters. The number of rotatable bonds is 4. The lowest BCUT2D eigenvalue weighted by atomic mass is 10.0. The van der Waals surface area contributed by atoms with Crippen LogP contribution in [0.4, 0.5) is 0 Å². The summed E-state index contributed by atoms with van der Waals surface area (Å²) < 4.78 is 0. The highest BCUT2D eigenvalue weighted by Crippen LogP contribution is 2.15. The Hall–Kier alpha value is -0.340. The Morgan fingerprint density at radius 2 is 2.21 bits per heavy atom. The van der Waals surface area contributed by atoms with Crippen LogP contribution >= 0.6 is 27.5 Å². The summed E-state index contributed by atoms with van der Waals surface area (Å²) in [5, 5.41) is 0.821. The number of alkyl halides is 2. The van der Waals surface area contributed by atoms with Crippen molar-refractivity contribution in [3.8, 4) is 0 Å². The molecule has 0 amide bonds. The van der Waals surface area contributed by atoms with Crippen molar-refractivity contribution in [2.45, 2.75) is 18.7 Å². The Balaban J connectivity index is 2.84. The van der Waals surface area contributed by atoms with E-state index < -0.39 is 0 Å². The molecule has 1 rings (SSSR count). The van der Waals surface area contributed by atoms with Crippen LogP contribution in [-0.4, -0.2) is 11.7 Å². The SMILES string of the molecule is Cc1ccc(CC(=O)CCl)cc1CBr. The van der Waals surface area contributed by atoms with Crippen LogP contribution < -0.4 is 0 Å². The zero-order valence-corrected chi connectivity index (χ0v) is 10.4. The van der Waals surface area contributed by atoms with Crippen molar-refractivity contribution in [2.24, 2.45) is 0 Å². The summed E-state index contributed by atoms with van der Waals surface area (Å²) in [4.78, 5) is 11.1. The van der Waals surface area contributed by atoms with Gasteiger partial charge < -0.3 is 0 Å². The number of hydrogen-bond acceptors (Lipinski definition) is 1. The molecule has 0 aliphatic rings.